The van der Waals surface area contributed by atoms with Crippen LogP contribution in [0, 0.1) is 0 Å². The van der Waals surface area contributed by atoms with Crippen LogP contribution in [0.2, 0.25) is 0 Å². The van der Waals surface area contributed by atoms with Crippen LogP contribution in [-0.2, 0) is 14.2 Å². The predicted octanol–water partition coefficient (Wildman–Crippen LogP) is -0.459. The van der Waals surface area contributed by atoms with Crippen molar-refractivity contribution >= 4 is 11.0 Å². The van der Waals surface area contributed by atoms with E-state index in [1.54, 1.807) is 24.3 Å². The smallest absolute Gasteiger partial charge is 0.197 e. The SMILES string of the molecule is COc1ccc(-c2cc(=O)c3c(O)cc([C@@H]4O[C@H](CO[C@@H]5O[C@H](C)[C@@H](O)[C@H](O)[C@H]5O)[C@@H](O)[C@H](O)[C@H]4O)cc3o2)cc1. The summed E-state index contributed by atoms with van der Waals surface area (Å²) in [7, 11) is 1.52. The zero-order chi connectivity index (χ0) is 29.6. The lowest BCUT2D eigenvalue weighted by Gasteiger charge is -2.42. The Labute approximate surface area is 233 Å². The number of fused-ring (bicyclic) bond motifs is 1. The summed E-state index contributed by atoms with van der Waals surface area (Å²) in [5, 5.41) is 72.6. The Bertz CT molecular complexity index is 1420. The van der Waals surface area contributed by atoms with Crippen molar-refractivity contribution in [2.75, 3.05) is 13.7 Å². The Kier molecular flexibility index (Phi) is 8.34. The molecule has 0 radical (unpaired) electrons. The van der Waals surface area contributed by atoms with Gasteiger partial charge in [0.15, 0.2) is 11.7 Å². The molecule has 10 atom stereocenters. The molecule has 0 amide bonds. The van der Waals surface area contributed by atoms with Gasteiger partial charge in [-0.1, -0.05) is 0 Å². The molecule has 0 aliphatic carbocycles. The Hall–Kier alpha value is -3.11. The van der Waals surface area contributed by atoms with Gasteiger partial charge in [-0.05, 0) is 48.9 Å². The number of rotatable bonds is 6. The minimum Gasteiger partial charge on any atom is -0.507 e. The molecular weight excluding hydrogens is 544 g/mol. The van der Waals surface area contributed by atoms with Crippen molar-refractivity contribution in [1.82, 2.24) is 0 Å². The molecule has 2 aliphatic rings. The predicted molar refractivity (Wildman–Crippen MR) is 140 cm³/mol. The van der Waals surface area contributed by atoms with Crippen LogP contribution < -0.4 is 10.2 Å². The van der Waals surface area contributed by atoms with Gasteiger partial charge in [0.1, 0.15) is 77.1 Å². The molecule has 7 N–H and O–H groups in total. The topological polar surface area (TPSA) is 209 Å². The molecule has 2 saturated heterocycles. The number of methoxy groups -OCH3 is 1. The summed E-state index contributed by atoms with van der Waals surface area (Å²) in [6.07, 6.45) is -14.3. The first kappa shape index (κ1) is 29.4. The largest absolute Gasteiger partial charge is 0.507 e. The zero-order valence-corrected chi connectivity index (χ0v) is 22.1. The first-order chi connectivity index (χ1) is 19.5. The maximum atomic E-state index is 12.9. The molecule has 0 spiro atoms. The van der Waals surface area contributed by atoms with Gasteiger partial charge in [0, 0.05) is 11.6 Å². The number of aliphatic hydroxyl groups excluding tert-OH is 6. The average Bonchev–Trinajstić information content (AvgIpc) is 2.96. The standard InChI is InChI=1S/C28H32O13/c1-11-21(31)23(33)26(36)28(39-11)38-10-19-22(32)24(34)25(35)27(41-19)13-7-15(29)20-16(30)9-17(40-18(20)8-13)12-3-5-14(37-2)6-4-12/h3-9,11,19,21-29,31-36H,10H2,1-2H3/t11-,19-,21-,22-,23+,24+,25-,26-,27+,28-/m1/s1. The van der Waals surface area contributed by atoms with Crippen molar-refractivity contribution in [2.24, 2.45) is 0 Å². The zero-order valence-electron chi connectivity index (χ0n) is 22.1. The molecule has 3 heterocycles. The van der Waals surface area contributed by atoms with Gasteiger partial charge in [-0.25, -0.2) is 0 Å². The van der Waals surface area contributed by atoms with Gasteiger partial charge >= 0.3 is 0 Å². The average molecular weight is 577 g/mol. The molecule has 1 aromatic heterocycles. The highest BCUT2D eigenvalue weighted by Gasteiger charge is 2.47. The Morgan fingerprint density at radius 2 is 1.51 bits per heavy atom. The fraction of sp³-hybridized carbons (Fsp3) is 0.464. The molecule has 13 heteroatoms. The van der Waals surface area contributed by atoms with Crippen molar-refractivity contribution in [3.63, 3.8) is 0 Å². The van der Waals surface area contributed by atoms with E-state index in [0.717, 1.165) is 0 Å². The first-order valence-electron chi connectivity index (χ1n) is 13.0. The van der Waals surface area contributed by atoms with E-state index in [4.69, 9.17) is 23.4 Å². The molecule has 2 aliphatic heterocycles. The second-order valence-electron chi connectivity index (χ2n) is 10.2. The van der Waals surface area contributed by atoms with E-state index in [1.165, 1.54) is 32.2 Å². The fourth-order valence-electron chi connectivity index (χ4n) is 5.06. The number of benzene rings is 2. The summed E-state index contributed by atoms with van der Waals surface area (Å²) in [5.41, 5.74) is 0.177. The number of hydrogen-bond donors (Lipinski definition) is 7. The highest BCUT2D eigenvalue weighted by atomic mass is 16.7. The van der Waals surface area contributed by atoms with E-state index in [2.05, 4.69) is 0 Å². The third kappa shape index (κ3) is 5.56. The second-order valence-corrected chi connectivity index (χ2v) is 10.2. The lowest BCUT2D eigenvalue weighted by Crippen LogP contribution is -2.59. The maximum Gasteiger partial charge on any atom is 0.197 e. The fourth-order valence-corrected chi connectivity index (χ4v) is 5.06. The maximum absolute atomic E-state index is 12.9. The van der Waals surface area contributed by atoms with Crippen LogP contribution in [0.4, 0.5) is 0 Å². The van der Waals surface area contributed by atoms with Crippen LogP contribution in [0.25, 0.3) is 22.3 Å². The second kappa shape index (κ2) is 11.6. The van der Waals surface area contributed by atoms with Gasteiger partial charge in [-0.3, -0.25) is 4.79 Å². The number of aromatic hydroxyl groups is 1. The lowest BCUT2D eigenvalue weighted by molar-refractivity contribution is -0.308. The van der Waals surface area contributed by atoms with Crippen LogP contribution in [0.3, 0.4) is 0 Å². The quantitative estimate of drug-likeness (QED) is 0.198. The molecule has 2 fully saturated rings. The number of hydrogen-bond acceptors (Lipinski definition) is 13. The van der Waals surface area contributed by atoms with Crippen LogP contribution in [-0.4, -0.2) is 105 Å². The monoisotopic (exact) mass is 576 g/mol. The van der Waals surface area contributed by atoms with Gasteiger partial charge in [-0.15, -0.1) is 0 Å². The summed E-state index contributed by atoms with van der Waals surface area (Å²) < 4.78 is 27.8. The molecule has 0 unspecified atom stereocenters. The Morgan fingerprint density at radius 1 is 0.829 bits per heavy atom. The summed E-state index contributed by atoms with van der Waals surface area (Å²) >= 11 is 0. The molecule has 5 rings (SSSR count). The molecule has 0 saturated carbocycles. The van der Waals surface area contributed by atoms with Crippen molar-refractivity contribution in [2.45, 2.75) is 68.1 Å². The van der Waals surface area contributed by atoms with E-state index in [9.17, 15) is 40.5 Å². The Morgan fingerprint density at radius 3 is 2.20 bits per heavy atom. The highest BCUT2D eigenvalue weighted by molar-refractivity contribution is 5.85. The van der Waals surface area contributed by atoms with Crippen molar-refractivity contribution in [3.05, 3.63) is 58.3 Å². The number of aliphatic hydroxyl groups is 6. The van der Waals surface area contributed by atoms with Crippen molar-refractivity contribution < 1.29 is 59.1 Å². The molecule has 41 heavy (non-hydrogen) atoms. The normalized spacial score (nSPS) is 34.0. The van der Waals surface area contributed by atoms with E-state index < -0.39 is 79.0 Å². The first-order valence-corrected chi connectivity index (χ1v) is 13.0. The summed E-state index contributed by atoms with van der Waals surface area (Å²) in [5.74, 6) is 0.366. The van der Waals surface area contributed by atoms with Crippen molar-refractivity contribution in [3.8, 4) is 22.8 Å². The highest BCUT2D eigenvalue weighted by Crippen LogP contribution is 2.37. The minimum atomic E-state index is -1.71. The van der Waals surface area contributed by atoms with E-state index in [-0.39, 0.29) is 22.3 Å². The molecular formula is C28H32O13. The number of phenols is 1. The van der Waals surface area contributed by atoms with Crippen molar-refractivity contribution in [1.29, 1.82) is 0 Å². The van der Waals surface area contributed by atoms with Crippen LogP contribution >= 0.6 is 0 Å². The molecule has 3 aromatic rings. The van der Waals surface area contributed by atoms with Crippen LogP contribution in [0.5, 0.6) is 11.5 Å². The third-order valence-corrected chi connectivity index (χ3v) is 7.48. The number of phenolic OH excluding ortho intramolecular Hbond substituents is 1. The van der Waals surface area contributed by atoms with Gasteiger partial charge in [0.25, 0.3) is 0 Å². The van der Waals surface area contributed by atoms with Gasteiger partial charge in [0.05, 0.1) is 19.8 Å². The van der Waals surface area contributed by atoms with Crippen LogP contribution in [0.1, 0.15) is 18.6 Å². The molecule has 222 valence electrons. The van der Waals surface area contributed by atoms with E-state index in [0.29, 0.717) is 11.3 Å². The summed E-state index contributed by atoms with van der Waals surface area (Å²) in [6.45, 7) is 1.03. The minimum absolute atomic E-state index is 0.0113. The van der Waals surface area contributed by atoms with Gasteiger partial charge in [-0.2, -0.15) is 0 Å². The van der Waals surface area contributed by atoms with E-state index in [1.807, 2.05) is 0 Å². The Balaban J connectivity index is 1.42. The number of ether oxygens (including phenoxy) is 4. The molecule has 2 aromatic carbocycles. The van der Waals surface area contributed by atoms with Gasteiger partial charge < -0.3 is 59.1 Å². The van der Waals surface area contributed by atoms with E-state index >= 15 is 0 Å². The molecule has 0 bridgehead atoms. The van der Waals surface area contributed by atoms with Crippen LogP contribution in [0.15, 0.2) is 51.7 Å². The van der Waals surface area contributed by atoms with Gasteiger partial charge in [0.2, 0.25) is 0 Å². The summed E-state index contributed by atoms with van der Waals surface area (Å²) in [6, 6.07) is 10.6. The lowest BCUT2D eigenvalue weighted by atomic mass is 9.90. The molecule has 13 nitrogen and oxygen atoms in total. The third-order valence-electron chi connectivity index (χ3n) is 7.48. The summed E-state index contributed by atoms with van der Waals surface area (Å²) in [4.78, 5) is 12.9.